The molecule has 2 fully saturated rings. The van der Waals surface area contributed by atoms with Gasteiger partial charge in [-0.3, -0.25) is 9.69 Å². The van der Waals surface area contributed by atoms with Crippen LogP contribution in [0, 0.1) is 0 Å². The maximum absolute atomic E-state index is 12.5. The lowest BCUT2D eigenvalue weighted by Gasteiger charge is -2.39. The highest BCUT2D eigenvalue weighted by Gasteiger charge is 2.40. The largest absolute Gasteiger partial charge is 0.349 e. The fourth-order valence-corrected chi connectivity index (χ4v) is 4.53. The molecule has 2 aromatic rings. The van der Waals surface area contributed by atoms with E-state index in [1.54, 1.807) is 12.1 Å². The number of amides is 1. The van der Waals surface area contributed by atoms with Gasteiger partial charge in [-0.25, -0.2) is 0 Å². The lowest BCUT2D eigenvalue weighted by molar-refractivity contribution is 0.0828. The van der Waals surface area contributed by atoms with Gasteiger partial charge in [0.1, 0.15) is 0 Å². The quantitative estimate of drug-likeness (QED) is 0.889. The van der Waals surface area contributed by atoms with Crippen LogP contribution in [0.3, 0.4) is 0 Å². The maximum Gasteiger partial charge on any atom is 0.251 e. The molecule has 1 amide bonds. The highest BCUT2D eigenvalue weighted by Crippen LogP contribution is 2.36. The summed E-state index contributed by atoms with van der Waals surface area (Å²) in [6, 6.07) is 19.3. The molecular formula is C21H23ClN2O. The Labute approximate surface area is 154 Å². The van der Waals surface area contributed by atoms with Crippen molar-refractivity contribution in [3.8, 4) is 0 Å². The third-order valence-corrected chi connectivity index (χ3v) is 5.75. The zero-order chi connectivity index (χ0) is 17.2. The van der Waals surface area contributed by atoms with E-state index in [0.717, 1.165) is 19.4 Å². The summed E-state index contributed by atoms with van der Waals surface area (Å²) in [7, 11) is 0. The molecule has 3 atom stereocenters. The average molecular weight is 355 g/mol. The number of rotatable bonds is 4. The molecule has 2 aliphatic heterocycles. The number of benzene rings is 2. The van der Waals surface area contributed by atoms with Crippen LogP contribution in [0.5, 0.6) is 0 Å². The number of fused-ring (bicyclic) bond motifs is 2. The van der Waals surface area contributed by atoms with Crippen molar-refractivity contribution < 1.29 is 4.79 Å². The fourth-order valence-electron chi connectivity index (χ4n) is 4.34. The van der Waals surface area contributed by atoms with Crippen molar-refractivity contribution in [2.75, 3.05) is 0 Å². The van der Waals surface area contributed by atoms with E-state index in [1.165, 1.54) is 18.4 Å². The molecule has 25 heavy (non-hydrogen) atoms. The van der Waals surface area contributed by atoms with Crippen molar-refractivity contribution >= 4 is 17.5 Å². The summed E-state index contributed by atoms with van der Waals surface area (Å²) in [5.41, 5.74) is 2.02. The van der Waals surface area contributed by atoms with E-state index in [2.05, 4.69) is 40.5 Å². The maximum atomic E-state index is 12.5. The van der Waals surface area contributed by atoms with E-state index in [4.69, 9.17) is 11.6 Å². The smallest absolute Gasteiger partial charge is 0.251 e. The standard InChI is InChI=1S/C21H23ClN2O/c22-17-8-4-7-16(11-17)21(25)23-18-12-19-9-10-20(13-18)24(19)14-15-5-2-1-3-6-15/h1-8,11,18-20H,9-10,12-14H2,(H,23,25)/t18?,19-,20+. The summed E-state index contributed by atoms with van der Waals surface area (Å²) in [6.07, 6.45) is 4.55. The van der Waals surface area contributed by atoms with Crippen molar-refractivity contribution in [2.24, 2.45) is 0 Å². The molecule has 4 heteroatoms. The van der Waals surface area contributed by atoms with E-state index < -0.39 is 0 Å². The van der Waals surface area contributed by atoms with Gasteiger partial charge in [0.2, 0.25) is 0 Å². The summed E-state index contributed by atoms with van der Waals surface area (Å²) in [6.45, 7) is 1.02. The molecule has 2 heterocycles. The number of hydrogen-bond acceptors (Lipinski definition) is 2. The van der Waals surface area contributed by atoms with Crippen LogP contribution in [0.15, 0.2) is 54.6 Å². The Morgan fingerprint density at radius 2 is 1.76 bits per heavy atom. The Morgan fingerprint density at radius 1 is 1.04 bits per heavy atom. The number of halogens is 1. The molecule has 1 unspecified atom stereocenters. The minimum atomic E-state index is -0.0107. The van der Waals surface area contributed by atoms with Gasteiger partial charge in [-0.05, 0) is 49.4 Å². The fraction of sp³-hybridized carbons (Fsp3) is 0.381. The Morgan fingerprint density at radius 3 is 2.44 bits per heavy atom. The van der Waals surface area contributed by atoms with Gasteiger partial charge in [0, 0.05) is 35.3 Å². The average Bonchev–Trinajstić information content (AvgIpc) is 2.85. The third kappa shape index (κ3) is 3.73. The first-order valence-electron chi connectivity index (χ1n) is 9.05. The summed E-state index contributed by atoms with van der Waals surface area (Å²) in [5.74, 6) is -0.0107. The minimum Gasteiger partial charge on any atom is -0.349 e. The van der Waals surface area contributed by atoms with Gasteiger partial charge in [0.25, 0.3) is 5.91 Å². The van der Waals surface area contributed by atoms with Crippen LogP contribution in [0.2, 0.25) is 5.02 Å². The molecule has 2 bridgehead atoms. The van der Waals surface area contributed by atoms with Gasteiger partial charge in [-0.1, -0.05) is 48.0 Å². The van der Waals surface area contributed by atoms with Crippen molar-refractivity contribution in [3.05, 3.63) is 70.7 Å². The SMILES string of the molecule is O=C(NC1C[C@H]2CC[C@@H](C1)N2Cc1ccccc1)c1cccc(Cl)c1. The molecule has 2 aromatic carbocycles. The minimum absolute atomic E-state index is 0.0107. The molecule has 0 saturated carbocycles. The molecule has 3 nitrogen and oxygen atoms in total. The number of piperidine rings is 1. The van der Waals surface area contributed by atoms with E-state index in [1.807, 2.05) is 12.1 Å². The molecule has 1 N–H and O–H groups in total. The van der Waals surface area contributed by atoms with Crippen LogP contribution >= 0.6 is 11.6 Å². The predicted molar refractivity (Wildman–Crippen MR) is 101 cm³/mol. The molecule has 0 aromatic heterocycles. The molecule has 2 saturated heterocycles. The van der Waals surface area contributed by atoms with Gasteiger partial charge >= 0.3 is 0 Å². The zero-order valence-electron chi connectivity index (χ0n) is 14.2. The zero-order valence-corrected chi connectivity index (χ0v) is 15.0. The van der Waals surface area contributed by atoms with Gasteiger partial charge in [0.15, 0.2) is 0 Å². The summed E-state index contributed by atoms with van der Waals surface area (Å²) >= 11 is 6.00. The van der Waals surface area contributed by atoms with E-state index in [9.17, 15) is 4.79 Å². The third-order valence-electron chi connectivity index (χ3n) is 5.51. The highest BCUT2D eigenvalue weighted by molar-refractivity contribution is 6.30. The predicted octanol–water partition coefficient (Wildman–Crippen LogP) is 4.27. The highest BCUT2D eigenvalue weighted by atomic mass is 35.5. The van der Waals surface area contributed by atoms with Gasteiger partial charge in [-0.15, -0.1) is 0 Å². The van der Waals surface area contributed by atoms with Crippen LogP contribution < -0.4 is 5.32 Å². The second-order valence-corrected chi connectivity index (χ2v) is 7.63. The molecule has 0 radical (unpaired) electrons. The molecule has 0 spiro atoms. The summed E-state index contributed by atoms with van der Waals surface area (Å²) < 4.78 is 0. The first kappa shape index (κ1) is 16.6. The van der Waals surface area contributed by atoms with Crippen molar-refractivity contribution in [1.82, 2.24) is 10.2 Å². The molecule has 2 aliphatic rings. The van der Waals surface area contributed by atoms with Crippen LogP contribution in [-0.4, -0.2) is 28.9 Å². The van der Waals surface area contributed by atoms with Gasteiger partial charge in [0.05, 0.1) is 0 Å². The van der Waals surface area contributed by atoms with E-state index in [0.29, 0.717) is 22.7 Å². The Kier molecular flexibility index (Phi) is 4.78. The molecular weight excluding hydrogens is 332 g/mol. The Hall–Kier alpha value is -1.84. The van der Waals surface area contributed by atoms with Crippen molar-refractivity contribution in [2.45, 2.75) is 50.4 Å². The second-order valence-electron chi connectivity index (χ2n) is 7.20. The van der Waals surface area contributed by atoms with Crippen LogP contribution in [0.25, 0.3) is 0 Å². The molecule has 4 rings (SSSR count). The van der Waals surface area contributed by atoms with E-state index in [-0.39, 0.29) is 11.9 Å². The number of carbonyl (C=O) groups is 1. The topological polar surface area (TPSA) is 32.3 Å². The van der Waals surface area contributed by atoms with Gasteiger partial charge < -0.3 is 5.32 Å². The van der Waals surface area contributed by atoms with Crippen molar-refractivity contribution in [1.29, 1.82) is 0 Å². The first-order chi connectivity index (χ1) is 12.2. The number of nitrogens with one attached hydrogen (secondary N) is 1. The van der Waals surface area contributed by atoms with Crippen LogP contribution in [0.1, 0.15) is 41.6 Å². The Bertz CT molecular complexity index is 735. The number of nitrogens with zero attached hydrogens (tertiary/aromatic N) is 1. The lowest BCUT2D eigenvalue weighted by atomic mass is 9.96. The summed E-state index contributed by atoms with van der Waals surface area (Å²) in [5, 5.41) is 3.83. The lowest BCUT2D eigenvalue weighted by Crippen LogP contribution is -2.49. The number of hydrogen-bond donors (Lipinski definition) is 1. The van der Waals surface area contributed by atoms with Crippen molar-refractivity contribution in [3.63, 3.8) is 0 Å². The summed E-state index contributed by atoms with van der Waals surface area (Å²) in [4.78, 5) is 15.1. The Balaban J connectivity index is 1.39. The normalized spacial score (nSPS) is 25.7. The second kappa shape index (κ2) is 7.19. The molecule has 130 valence electrons. The number of carbonyl (C=O) groups excluding carboxylic acids is 1. The van der Waals surface area contributed by atoms with E-state index >= 15 is 0 Å². The van der Waals surface area contributed by atoms with Crippen LogP contribution in [-0.2, 0) is 6.54 Å². The van der Waals surface area contributed by atoms with Crippen LogP contribution in [0.4, 0.5) is 0 Å². The first-order valence-corrected chi connectivity index (χ1v) is 9.43. The van der Waals surface area contributed by atoms with Gasteiger partial charge in [-0.2, -0.15) is 0 Å². The monoisotopic (exact) mass is 354 g/mol. The molecule has 0 aliphatic carbocycles.